The summed E-state index contributed by atoms with van der Waals surface area (Å²) in [7, 11) is 0. The highest BCUT2D eigenvalue weighted by molar-refractivity contribution is 5.87. The van der Waals surface area contributed by atoms with Gasteiger partial charge in [0, 0.05) is 6.07 Å². The Labute approximate surface area is 120 Å². The molecule has 6 heteroatoms. The molecular weight excluding hydrogens is 274 g/mol. The lowest BCUT2D eigenvalue weighted by molar-refractivity contribution is -0.385. The number of aryl methyl sites for hydroxylation is 1. The van der Waals surface area contributed by atoms with Crippen molar-refractivity contribution < 1.29 is 19.6 Å². The Kier molecular flexibility index (Phi) is 4.18. The number of benzene rings is 2. The summed E-state index contributed by atoms with van der Waals surface area (Å²) in [6, 6.07) is 10.5. The number of hydrogen-bond donors (Lipinski definition) is 1. The summed E-state index contributed by atoms with van der Waals surface area (Å²) in [6.45, 7) is 1.91. The Hall–Kier alpha value is -2.89. The van der Waals surface area contributed by atoms with E-state index in [-0.39, 0.29) is 17.0 Å². The first-order chi connectivity index (χ1) is 10.0. The van der Waals surface area contributed by atoms with Crippen molar-refractivity contribution in [3.8, 4) is 11.5 Å². The lowest BCUT2D eigenvalue weighted by atomic mass is 10.1. The van der Waals surface area contributed by atoms with E-state index in [0.717, 1.165) is 5.56 Å². The van der Waals surface area contributed by atoms with Crippen LogP contribution in [0.3, 0.4) is 0 Å². The van der Waals surface area contributed by atoms with Crippen molar-refractivity contribution >= 4 is 11.7 Å². The number of nitrogens with zero attached hydrogens (tertiary/aromatic N) is 1. The van der Waals surface area contributed by atoms with Gasteiger partial charge in [0.05, 0.1) is 10.5 Å². The van der Waals surface area contributed by atoms with Gasteiger partial charge < -0.3 is 9.84 Å². The van der Waals surface area contributed by atoms with Gasteiger partial charge in [-0.15, -0.1) is 0 Å². The molecule has 0 aliphatic rings. The fourth-order valence-corrected chi connectivity index (χ4v) is 1.80. The fraction of sp³-hybridized carbons (Fsp3) is 0.133. The molecule has 21 heavy (non-hydrogen) atoms. The van der Waals surface area contributed by atoms with E-state index in [2.05, 4.69) is 0 Å². The van der Waals surface area contributed by atoms with Gasteiger partial charge in [0.25, 0.3) is 0 Å². The number of aromatic carboxylic acids is 1. The van der Waals surface area contributed by atoms with Gasteiger partial charge in [-0.2, -0.15) is 0 Å². The number of rotatable bonds is 5. The molecule has 0 aromatic heterocycles. The summed E-state index contributed by atoms with van der Waals surface area (Å²) >= 11 is 0. The van der Waals surface area contributed by atoms with Crippen LogP contribution >= 0.6 is 0 Å². The van der Waals surface area contributed by atoms with Crippen LogP contribution in [0.5, 0.6) is 11.5 Å². The predicted octanol–water partition coefficient (Wildman–Crippen LogP) is 3.65. The molecule has 1 N–H and O–H groups in total. The Morgan fingerprint density at radius 1 is 1.24 bits per heavy atom. The lowest BCUT2D eigenvalue weighted by Gasteiger charge is -2.07. The van der Waals surface area contributed by atoms with Gasteiger partial charge in [-0.05, 0) is 42.3 Å². The summed E-state index contributed by atoms with van der Waals surface area (Å²) in [4.78, 5) is 21.3. The number of nitro groups is 1. The van der Waals surface area contributed by atoms with E-state index >= 15 is 0 Å². The topological polar surface area (TPSA) is 89.7 Å². The Morgan fingerprint density at radius 2 is 1.90 bits per heavy atom. The molecule has 0 fully saturated rings. The van der Waals surface area contributed by atoms with Crippen molar-refractivity contribution in [2.24, 2.45) is 0 Å². The molecule has 0 amide bonds. The number of nitro benzene ring substituents is 1. The van der Waals surface area contributed by atoms with Gasteiger partial charge in [-0.1, -0.05) is 13.0 Å². The number of carboxylic acid groups (broad SMARTS) is 1. The van der Waals surface area contributed by atoms with E-state index in [9.17, 15) is 14.9 Å². The highest BCUT2D eigenvalue weighted by Crippen LogP contribution is 2.32. The van der Waals surface area contributed by atoms with Crippen molar-refractivity contribution in [2.45, 2.75) is 13.3 Å². The molecule has 0 aliphatic carbocycles. The zero-order valence-electron chi connectivity index (χ0n) is 11.3. The van der Waals surface area contributed by atoms with Crippen LogP contribution in [0.2, 0.25) is 0 Å². The summed E-state index contributed by atoms with van der Waals surface area (Å²) in [6.07, 6.45) is 0.689. The average molecular weight is 287 g/mol. The van der Waals surface area contributed by atoms with E-state index in [0.29, 0.717) is 12.2 Å². The molecule has 6 nitrogen and oxygen atoms in total. The van der Waals surface area contributed by atoms with Crippen molar-refractivity contribution in [1.82, 2.24) is 0 Å². The van der Waals surface area contributed by atoms with Gasteiger partial charge in [0.1, 0.15) is 5.75 Å². The van der Waals surface area contributed by atoms with Gasteiger partial charge in [0.2, 0.25) is 5.75 Å². The van der Waals surface area contributed by atoms with Crippen molar-refractivity contribution in [3.63, 3.8) is 0 Å². The van der Waals surface area contributed by atoms with E-state index in [1.807, 2.05) is 6.92 Å². The minimum absolute atomic E-state index is 0.114. The number of carboxylic acids is 1. The third-order valence-corrected chi connectivity index (χ3v) is 2.96. The van der Waals surface area contributed by atoms with E-state index < -0.39 is 10.9 Å². The third kappa shape index (κ3) is 3.36. The van der Waals surface area contributed by atoms with Crippen LogP contribution in [0.1, 0.15) is 22.8 Å². The van der Waals surface area contributed by atoms with E-state index in [1.54, 1.807) is 12.1 Å². The SMILES string of the molecule is CCc1ccc(Oc2ccc(C(=O)O)cc2)c([N+](=O)[O-])c1. The van der Waals surface area contributed by atoms with Crippen LogP contribution in [-0.4, -0.2) is 16.0 Å². The largest absolute Gasteiger partial charge is 0.478 e. The van der Waals surface area contributed by atoms with Crippen LogP contribution in [0.4, 0.5) is 5.69 Å². The molecule has 108 valence electrons. The fourth-order valence-electron chi connectivity index (χ4n) is 1.80. The normalized spacial score (nSPS) is 10.1. The first kappa shape index (κ1) is 14.5. The van der Waals surface area contributed by atoms with Crippen molar-refractivity contribution in [3.05, 3.63) is 63.7 Å². The first-order valence-corrected chi connectivity index (χ1v) is 6.29. The summed E-state index contributed by atoms with van der Waals surface area (Å²) < 4.78 is 5.47. The number of hydrogen-bond acceptors (Lipinski definition) is 4. The third-order valence-electron chi connectivity index (χ3n) is 2.96. The molecule has 2 aromatic rings. The molecule has 0 saturated heterocycles. The Morgan fingerprint density at radius 3 is 2.43 bits per heavy atom. The van der Waals surface area contributed by atoms with Gasteiger partial charge in [0.15, 0.2) is 0 Å². The standard InChI is InChI=1S/C15H13NO5/c1-2-10-3-8-14(13(9-10)16(19)20)21-12-6-4-11(5-7-12)15(17)18/h3-9H,2H2,1H3,(H,17,18). The second-order valence-corrected chi connectivity index (χ2v) is 4.34. The molecule has 0 atom stereocenters. The minimum Gasteiger partial charge on any atom is -0.478 e. The highest BCUT2D eigenvalue weighted by atomic mass is 16.6. The van der Waals surface area contributed by atoms with Crippen LogP contribution in [0, 0.1) is 10.1 Å². The monoisotopic (exact) mass is 287 g/mol. The van der Waals surface area contributed by atoms with Crippen molar-refractivity contribution in [1.29, 1.82) is 0 Å². The molecule has 0 unspecified atom stereocenters. The quantitative estimate of drug-likeness (QED) is 0.669. The van der Waals surface area contributed by atoms with Crippen molar-refractivity contribution in [2.75, 3.05) is 0 Å². The van der Waals surface area contributed by atoms with Gasteiger partial charge in [-0.25, -0.2) is 4.79 Å². The van der Waals surface area contributed by atoms with Crippen LogP contribution in [0.15, 0.2) is 42.5 Å². The molecule has 0 spiro atoms. The molecule has 2 aromatic carbocycles. The summed E-state index contributed by atoms with van der Waals surface area (Å²) in [5.74, 6) is -0.576. The maximum absolute atomic E-state index is 11.1. The molecule has 0 aliphatic heterocycles. The smallest absolute Gasteiger partial charge is 0.335 e. The second-order valence-electron chi connectivity index (χ2n) is 4.34. The van der Waals surface area contributed by atoms with E-state index in [4.69, 9.17) is 9.84 Å². The zero-order chi connectivity index (χ0) is 15.4. The molecule has 2 rings (SSSR count). The van der Waals surface area contributed by atoms with Crippen LogP contribution < -0.4 is 4.74 Å². The maximum atomic E-state index is 11.1. The first-order valence-electron chi connectivity index (χ1n) is 6.29. The van der Waals surface area contributed by atoms with E-state index in [1.165, 1.54) is 30.3 Å². The lowest BCUT2D eigenvalue weighted by Crippen LogP contribution is -1.97. The van der Waals surface area contributed by atoms with Crippen LogP contribution in [0.25, 0.3) is 0 Å². The number of ether oxygens (including phenoxy) is 1. The second kappa shape index (κ2) is 6.04. The minimum atomic E-state index is -1.04. The predicted molar refractivity (Wildman–Crippen MR) is 75.9 cm³/mol. The highest BCUT2D eigenvalue weighted by Gasteiger charge is 2.16. The summed E-state index contributed by atoms with van der Waals surface area (Å²) in [5.41, 5.74) is 0.852. The summed E-state index contributed by atoms with van der Waals surface area (Å²) in [5, 5.41) is 19.9. The van der Waals surface area contributed by atoms with Crippen LogP contribution in [-0.2, 0) is 6.42 Å². The Balaban J connectivity index is 2.30. The maximum Gasteiger partial charge on any atom is 0.335 e. The molecule has 0 bridgehead atoms. The zero-order valence-corrected chi connectivity index (χ0v) is 11.3. The number of carbonyl (C=O) groups is 1. The molecule has 0 radical (unpaired) electrons. The van der Waals surface area contributed by atoms with Gasteiger partial charge in [-0.3, -0.25) is 10.1 Å². The average Bonchev–Trinajstić information content (AvgIpc) is 2.48. The molecular formula is C15H13NO5. The van der Waals surface area contributed by atoms with Gasteiger partial charge >= 0.3 is 11.7 Å². The molecule has 0 heterocycles. The molecule has 0 saturated carbocycles. The Bertz CT molecular complexity index is 679.